The highest BCUT2D eigenvalue weighted by Crippen LogP contribution is 2.14. The fraction of sp³-hybridized carbons (Fsp3) is 0.533. The maximum absolute atomic E-state index is 5.30. The van der Waals surface area contributed by atoms with Crippen LogP contribution in [0, 0.1) is 0 Å². The summed E-state index contributed by atoms with van der Waals surface area (Å²) in [6, 6.07) is 8.57. The molecule has 0 unspecified atom stereocenters. The van der Waals surface area contributed by atoms with Gasteiger partial charge < -0.3 is 9.64 Å². The monoisotopic (exact) mass is 261 g/mol. The third kappa shape index (κ3) is 3.96. The van der Waals surface area contributed by atoms with Gasteiger partial charge in [-0.3, -0.25) is 5.01 Å². The van der Waals surface area contributed by atoms with E-state index < -0.39 is 0 Å². The lowest BCUT2D eigenvalue weighted by Crippen LogP contribution is -2.32. The number of hydrogen-bond acceptors (Lipinski definition) is 4. The van der Waals surface area contributed by atoms with Gasteiger partial charge in [-0.05, 0) is 31.5 Å². The Labute approximate surface area is 115 Å². The van der Waals surface area contributed by atoms with Crippen molar-refractivity contribution in [3.63, 3.8) is 0 Å². The Morgan fingerprint density at radius 2 is 1.79 bits per heavy atom. The fourth-order valence-corrected chi connectivity index (χ4v) is 2.18. The zero-order valence-electron chi connectivity index (χ0n) is 11.9. The number of hydrogen-bond donors (Lipinski definition) is 0. The summed E-state index contributed by atoms with van der Waals surface area (Å²) in [5, 5.41) is 6.54. The van der Waals surface area contributed by atoms with Crippen molar-refractivity contribution in [1.82, 2.24) is 5.01 Å². The molecule has 1 aliphatic heterocycles. The Kier molecular flexibility index (Phi) is 5.21. The molecule has 1 aromatic rings. The molecular weight excluding hydrogens is 238 g/mol. The third-order valence-electron chi connectivity index (χ3n) is 3.38. The molecule has 0 spiro atoms. The van der Waals surface area contributed by atoms with Crippen molar-refractivity contribution in [2.45, 2.75) is 13.8 Å². The summed E-state index contributed by atoms with van der Waals surface area (Å²) in [6.45, 7) is 9.75. The second kappa shape index (κ2) is 7.14. The first kappa shape index (κ1) is 13.9. The minimum absolute atomic E-state index is 0.776. The molecule has 0 radical (unpaired) electrons. The van der Waals surface area contributed by atoms with Gasteiger partial charge in [-0.15, -0.1) is 0 Å². The van der Waals surface area contributed by atoms with Gasteiger partial charge in [-0.2, -0.15) is 5.10 Å². The van der Waals surface area contributed by atoms with E-state index in [0.29, 0.717) is 0 Å². The van der Waals surface area contributed by atoms with Gasteiger partial charge in [0, 0.05) is 18.8 Å². The van der Waals surface area contributed by atoms with E-state index in [2.05, 4.69) is 53.1 Å². The molecule has 19 heavy (non-hydrogen) atoms. The molecule has 1 fully saturated rings. The van der Waals surface area contributed by atoms with Crippen LogP contribution in [0.2, 0.25) is 0 Å². The summed E-state index contributed by atoms with van der Waals surface area (Å²) in [7, 11) is 0. The van der Waals surface area contributed by atoms with Crippen LogP contribution in [0.3, 0.4) is 0 Å². The van der Waals surface area contributed by atoms with E-state index in [9.17, 15) is 0 Å². The van der Waals surface area contributed by atoms with Gasteiger partial charge in [0.25, 0.3) is 0 Å². The summed E-state index contributed by atoms with van der Waals surface area (Å²) in [4.78, 5) is 2.34. The average Bonchev–Trinajstić information content (AvgIpc) is 2.49. The van der Waals surface area contributed by atoms with Crippen LogP contribution in [0.25, 0.3) is 0 Å². The first-order valence-electron chi connectivity index (χ1n) is 7.05. The van der Waals surface area contributed by atoms with Crippen molar-refractivity contribution >= 4 is 11.9 Å². The number of nitrogens with zero attached hydrogens (tertiary/aromatic N) is 3. The van der Waals surface area contributed by atoms with Gasteiger partial charge in [-0.1, -0.05) is 12.1 Å². The van der Waals surface area contributed by atoms with Gasteiger partial charge in [0.1, 0.15) is 0 Å². The van der Waals surface area contributed by atoms with Crippen LogP contribution in [0.4, 0.5) is 5.69 Å². The maximum Gasteiger partial charge on any atom is 0.0659 e. The zero-order valence-corrected chi connectivity index (χ0v) is 11.9. The van der Waals surface area contributed by atoms with Crippen LogP contribution in [-0.4, -0.2) is 50.6 Å². The minimum Gasteiger partial charge on any atom is -0.378 e. The van der Waals surface area contributed by atoms with Crippen molar-refractivity contribution in [1.29, 1.82) is 0 Å². The van der Waals surface area contributed by atoms with Crippen LogP contribution in [-0.2, 0) is 4.74 Å². The molecule has 0 aliphatic carbocycles. The smallest absolute Gasteiger partial charge is 0.0659 e. The van der Waals surface area contributed by atoms with Crippen LogP contribution < -0.4 is 4.90 Å². The molecule has 0 atom stereocenters. The Bertz CT molecular complexity index is 392. The van der Waals surface area contributed by atoms with Crippen LogP contribution in [0.15, 0.2) is 29.4 Å². The van der Waals surface area contributed by atoms with Crippen LogP contribution in [0.5, 0.6) is 0 Å². The highest BCUT2D eigenvalue weighted by atomic mass is 16.5. The number of anilines is 1. The van der Waals surface area contributed by atoms with E-state index in [0.717, 1.165) is 45.0 Å². The van der Waals surface area contributed by atoms with Crippen molar-refractivity contribution in [2.75, 3.05) is 44.3 Å². The zero-order chi connectivity index (χ0) is 13.5. The SMILES string of the molecule is CCN(CC)c1ccc(/C=N\N2CCOCC2)cc1. The van der Waals surface area contributed by atoms with E-state index in [1.807, 2.05) is 6.21 Å². The van der Waals surface area contributed by atoms with E-state index in [1.54, 1.807) is 0 Å². The molecular formula is C15H23N3O. The Morgan fingerprint density at radius 1 is 1.16 bits per heavy atom. The Hall–Kier alpha value is -1.55. The van der Waals surface area contributed by atoms with E-state index in [1.165, 1.54) is 5.69 Å². The van der Waals surface area contributed by atoms with Crippen LogP contribution >= 0.6 is 0 Å². The summed E-state index contributed by atoms with van der Waals surface area (Å²) in [6.07, 6.45) is 1.93. The summed E-state index contributed by atoms with van der Waals surface area (Å²) in [5.74, 6) is 0. The molecule has 1 heterocycles. The number of benzene rings is 1. The highest BCUT2D eigenvalue weighted by molar-refractivity contribution is 5.80. The number of ether oxygens (including phenoxy) is 1. The molecule has 0 bridgehead atoms. The highest BCUT2D eigenvalue weighted by Gasteiger charge is 2.06. The van der Waals surface area contributed by atoms with E-state index in [4.69, 9.17) is 4.74 Å². The summed E-state index contributed by atoms with van der Waals surface area (Å²) < 4.78 is 5.30. The first-order valence-corrected chi connectivity index (χ1v) is 7.05. The first-order chi connectivity index (χ1) is 9.33. The van der Waals surface area contributed by atoms with Crippen molar-refractivity contribution in [2.24, 2.45) is 5.10 Å². The normalized spacial score (nSPS) is 16.0. The Morgan fingerprint density at radius 3 is 2.37 bits per heavy atom. The summed E-state index contributed by atoms with van der Waals surface area (Å²) >= 11 is 0. The lowest BCUT2D eigenvalue weighted by atomic mass is 10.2. The predicted octanol–water partition coefficient (Wildman–Crippen LogP) is 2.20. The molecule has 1 aliphatic rings. The van der Waals surface area contributed by atoms with Crippen molar-refractivity contribution < 1.29 is 4.74 Å². The number of hydrazone groups is 1. The second-order valence-electron chi connectivity index (χ2n) is 4.57. The minimum atomic E-state index is 0.776. The van der Waals surface area contributed by atoms with E-state index in [-0.39, 0.29) is 0 Å². The molecule has 1 aromatic carbocycles. The Balaban J connectivity index is 1.96. The lowest BCUT2D eigenvalue weighted by molar-refractivity contribution is 0.0397. The molecule has 4 heteroatoms. The van der Waals surface area contributed by atoms with Gasteiger partial charge in [-0.25, -0.2) is 0 Å². The standard InChI is InChI=1S/C15H23N3O/c1-3-17(4-2)15-7-5-14(6-8-15)13-16-18-9-11-19-12-10-18/h5-8,13H,3-4,9-12H2,1-2H3/b16-13-. The molecule has 0 saturated carbocycles. The second-order valence-corrected chi connectivity index (χ2v) is 4.57. The molecule has 0 N–H and O–H groups in total. The molecule has 1 saturated heterocycles. The van der Waals surface area contributed by atoms with Gasteiger partial charge in [0.15, 0.2) is 0 Å². The molecule has 2 rings (SSSR count). The van der Waals surface area contributed by atoms with Gasteiger partial charge in [0.05, 0.1) is 32.5 Å². The number of morpholine rings is 1. The maximum atomic E-state index is 5.30. The predicted molar refractivity (Wildman–Crippen MR) is 80.0 cm³/mol. The van der Waals surface area contributed by atoms with Gasteiger partial charge in [0.2, 0.25) is 0 Å². The number of rotatable bonds is 5. The third-order valence-corrected chi connectivity index (χ3v) is 3.38. The fourth-order valence-electron chi connectivity index (χ4n) is 2.18. The lowest BCUT2D eigenvalue weighted by Gasteiger charge is -2.23. The van der Waals surface area contributed by atoms with Crippen molar-refractivity contribution in [3.8, 4) is 0 Å². The average molecular weight is 261 g/mol. The molecule has 4 nitrogen and oxygen atoms in total. The topological polar surface area (TPSA) is 28.1 Å². The summed E-state index contributed by atoms with van der Waals surface area (Å²) in [5.41, 5.74) is 2.41. The van der Waals surface area contributed by atoms with Crippen LogP contribution in [0.1, 0.15) is 19.4 Å². The van der Waals surface area contributed by atoms with E-state index >= 15 is 0 Å². The van der Waals surface area contributed by atoms with Crippen molar-refractivity contribution in [3.05, 3.63) is 29.8 Å². The molecule has 0 aromatic heterocycles. The largest absolute Gasteiger partial charge is 0.378 e. The molecule has 104 valence electrons. The quantitative estimate of drug-likeness (QED) is 0.761. The van der Waals surface area contributed by atoms with Gasteiger partial charge >= 0.3 is 0 Å². The molecule has 0 amide bonds.